The highest BCUT2D eigenvalue weighted by atomic mass is 19.1. The summed E-state index contributed by atoms with van der Waals surface area (Å²) in [5.41, 5.74) is 2.03. The Hall–Kier alpha value is -2.43. The van der Waals surface area contributed by atoms with E-state index in [4.69, 9.17) is 0 Å². The van der Waals surface area contributed by atoms with Gasteiger partial charge in [0.05, 0.1) is 5.69 Å². The summed E-state index contributed by atoms with van der Waals surface area (Å²) in [6.07, 6.45) is 7.72. The molecule has 0 radical (unpaired) electrons. The highest BCUT2D eigenvalue weighted by Crippen LogP contribution is 2.31. The maximum Gasteiger partial charge on any atom is 0.254 e. The van der Waals surface area contributed by atoms with E-state index in [2.05, 4.69) is 9.88 Å². The van der Waals surface area contributed by atoms with Crippen LogP contribution in [0, 0.1) is 5.82 Å². The molecule has 0 bridgehead atoms. The van der Waals surface area contributed by atoms with Crippen LogP contribution in [0.4, 0.5) is 10.1 Å². The Kier molecular flexibility index (Phi) is 4.38. The number of pyridine rings is 1. The van der Waals surface area contributed by atoms with Gasteiger partial charge in [-0.3, -0.25) is 9.78 Å². The van der Waals surface area contributed by atoms with Gasteiger partial charge < -0.3 is 9.80 Å². The number of hydrogen-bond donors (Lipinski definition) is 0. The lowest BCUT2D eigenvalue weighted by Gasteiger charge is -2.23. The second kappa shape index (κ2) is 6.82. The third-order valence-electron chi connectivity index (χ3n) is 4.97. The van der Waals surface area contributed by atoms with Gasteiger partial charge in [0.25, 0.3) is 5.91 Å². The van der Waals surface area contributed by atoms with Gasteiger partial charge in [-0.05, 0) is 55.5 Å². The van der Waals surface area contributed by atoms with Gasteiger partial charge in [0, 0.05) is 43.6 Å². The molecule has 2 fully saturated rings. The normalized spacial score (nSPS) is 16.9. The van der Waals surface area contributed by atoms with E-state index in [-0.39, 0.29) is 17.8 Å². The number of aromatic nitrogens is 1. The molecular formula is C20H22FN3O. The first-order valence-corrected chi connectivity index (χ1v) is 8.97. The van der Waals surface area contributed by atoms with E-state index < -0.39 is 0 Å². The minimum Gasteiger partial charge on any atom is -0.369 e. The molecule has 1 aromatic carbocycles. The zero-order valence-electron chi connectivity index (χ0n) is 14.2. The Morgan fingerprint density at radius 2 is 2.04 bits per heavy atom. The highest BCUT2D eigenvalue weighted by Gasteiger charge is 2.33. The second-order valence-electron chi connectivity index (χ2n) is 6.89. The summed E-state index contributed by atoms with van der Waals surface area (Å²) in [4.78, 5) is 21.0. The molecule has 2 aromatic rings. The van der Waals surface area contributed by atoms with Gasteiger partial charge in [0.1, 0.15) is 5.82 Å². The molecule has 25 heavy (non-hydrogen) atoms. The van der Waals surface area contributed by atoms with E-state index in [1.807, 2.05) is 17.0 Å². The number of halogens is 1. The first-order valence-electron chi connectivity index (χ1n) is 8.97. The second-order valence-corrected chi connectivity index (χ2v) is 6.89. The Labute approximate surface area is 147 Å². The maximum absolute atomic E-state index is 14.5. The average Bonchev–Trinajstić information content (AvgIpc) is 3.34. The summed E-state index contributed by atoms with van der Waals surface area (Å²) in [7, 11) is 0. The van der Waals surface area contributed by atoms with Crippen LogP contribution in [0.15, 0.2) is 42.7 Å². The smallest absolute Gasteiger partial charge is 0.254 e. The third-order valence-corrected chi connectivity index (χ3v) is 4.97. The van der Waals surface area contributed by atoms with Crippen LogP contribution in [0.2, 0.25) is 0 Å². The molecule has 5 heteroatoms. The van der Waals surface area contributed by atoms with Crippen LogP contribution >= 0.6 is 0 Å². The van der Waals surface area contributed by atoms with Crippen molar-refractivity contribution in [3.8, 4) is 0 Å². The minimum absolute atomic E-state index is 0.0989. The molecule has 130 valence electrons. The zero-order valence-corrected chi connectivity index (χ0v) is 14.2. The average molecular weight is 339 g/mol. The predicted molar refractivity (Wildman–Crippen MR) is 95.0 cm³/mol. The number of benzene rings is 1. The van der Waals surface area contributed by atoms with Gasteiger partial charge in [-0.1, -0.05) is 6.07 Å². The van der Waals surface area contributed by atoms with Crippen molar-refractivity contribution in [2.45, 2.75) is 38.3 Å². The summed E-state index contributed by atoms with van der Waals surface area (Å²) < 4.78 is 14.5. The van der Waals surface area contributed by atoms with Gasteiger partial charge >= 0.3 is 0 Å². The Morgan fingerprint density at radius 3 is 2.68 bits per heavy atom. The van der Waals surface area contributed by atoms with Crippen molar-refractivity contribution in [3.05, 3.63) is 59.7 Å². The molecular weight excluding hydrogens is 317 g/mol. The van der Waals surface area contributed by atoms with E-state index in [9.17, 15) is 9.18 Å². The van der Waals surface area contributed by atoms with E-state index in [0.717, 1.165) is 44.3 Å². The number of carbonyl (C=O) groups excluding carboxylic acids is 1. The lowest BCUT2D eigenvalue weighted by atomic mass is 10.1. The standard InChI is InChI=1S/C20H22FN3O/c21-18-12-16(5-8-19(18)23-10-1-2-11-23)20(25)24(17-6-7-17)14-15-4-3-9-22-13-15/h3-5,8-9,12-13,17H,1-2,6-7,10-11,14H2. The molecule has 1 saturated heterocycles. The number of hydrogen-bond acceptors (Lipinski definition) is 3. The molecule has 1 amide bonds. The number of rotatable bonds is 5. The van der Waals surface area contributed by atoms with Gasteiger partial charge in [0.2, 0.25) is 0 Å². The van der Waals surface area contributed by atoms with Crippen molar-refractivity contribution in [2.24, 2.45) is 0 Å². The van der Waals surface area contributed by atoms with Gasteiger partial charge in [-0.2, -0.15) is 0 Å². The molecule has 0 atom stereocenters. The first-order chi connectivity index (χ1) is 12.2. The van der Waals surface area contributed by atoms with Crippen LogP contribution in [-0.2, 0) is 6.54 Å². The lowest BCUT2D eigenvalue weighted by molar-refractivity contribution is 0.0729. The molecule has 2 heterocycles. The van der Waals surface area contributed by atoms with Crippen LogP contribution in [0.5, 0.6) is 0 Å². The molecule has 1 aliphatic heterocycles. The molecule has 1 aliphatic carbocycles. The fraction of sp³-hybridized carbons (Fsp3) is 0.400. The summed E-state index contributed by atoms with van der Waals surface area (Å²) in [5, 5.41) is 0. The SMILES string of the molecule is O=C(c1ccc(N2CCCC2)c(F)c1)N(Cc1cccnc1)C1CC1. The van der Waals surface area contributed by atoms with Crippen molar-refractivity contribution >= 4 is 11.6 Å². The van der Waals surface area contributed by atoms with Crippen molar-refractivity contribution in [2.75, 3.05) is 18.0 Å². The van der Waals surface area contributed by atoms with Crippen molar-refractivity contribution in [1.82, 2.24) is 9.88 Å². The van der Waals surface area contributed by atoms with E-state index in [0.29, 0.717) is 17.8 Å². The predicted octanol–water partition coefficient (Wildman–Crippen LogP) is 3.63. The fourth-order valence-corrected chi connectivity index (χ4v) is 3.46. The van der Waals surface area contributed by atoms with Gasteiger partial charge in [-0.15, -0.1) is 0 Å². The van der Waals surface area contributed by atoms with Crippen LogP contribution in [-0.4, -0.2) is 34.9 Å². The van der Waals surface area contributed by atoms with E-state index >= 15 is 0 Å². The van der Waals surface area contributed by atoms with Crippen LogP contribution in [0.1, 0.15) is 41.6 Å². The van der Waals surface area contributed by atoms with Crippen LogP contribution < -0.4 is 4.90 Å². The number of carbonyl (C=O) groups is 1. The molecule has 1 saturated carbocycles. The fourth-order valence-electron chi connectivity index (χ4n) is 3.46. The van der Waals surface area contributed by atoms with E-state index in [1.54, 1.807) is 24.5 Å². The Balaban J connectivity index is 1.54. The molecule has 0 N–H and O–H groups in total. The molecule has 0 spiro atoms. The number of anilines is 1. The minimum atomic E-state index is -0.301. The molecule has 0 unspecified atom stereocenters. The van der Waals surface area contributed by atoms with Crippen LogP contribution in [0.3, 0.4) is 0 Å². The summed E-state index contributed by atoms with van der Waals surface area (Å²) >= 11 is 0. The highest BCUT2D eigenvalue weighted by molar-refractivity contribution is 5.95. The summed E-state index contributed by atoms with van der Waals surface area (Å²) in [6.45, 7) is 2.30. The molecule has 4 rings (SSSR count). The molecule has 1 aromatic heterocycles. The zero-order chi connectivity index (χ0) is 17.2. The summed E-state index contributed by atoms with van der Waals surface area (Å²) in [6, 6.07) is 9.01. The lowest BCUT2D eigenvalue weighted by Crippen LogP contribution is -2.32. The molecule has 2 aliphatic rings. The van der Waals surface area contributed by atoms with Gasteiger partial charge in [0.15, 0.2) is 0 Å². The largest absolute Gasteiger partial charge is 0.369 e. The Bertz CT molecular complexity index is 755. The van der Waals surface area contributed by atoms with E-state index in [1.165, 1.54) is 6.07 Å². The van der Waals surface area contributed by atoms with Crippen molar-refractivity contribution in [1.29, 1.82) is 0 Å². The summed E-state index contributed by atoms with van der Waals surface area (Å²) in [5.74, 6) is -0.400. The monoisotopic (exact) mass is 339 g/mol. The Morgan fingerprint density at radius 1 is 1.24 bits per heavy atom. The topological polar surface area (TPSA) is 36.4 Å². The maximum atomic E-state index is 14.5. The van der Waals surface area contributed by atoms with Gasteiger partial charge in [-0.25, -0.2) is 4.39 Å². The molecule has 4 nitrogen and oxygen atoms in total. The van der Waals surface area contributed by atoms with Crippen molar-refractivity contribution < 1.29 is 9.18 Å². The number of nitrogens with zero attached hydrogens (tertiary/aromatic N) is 3. The number of amides is 1. The van der Waals surface area contributed by atoms with Crippen LogP contribution in [0.25, 0.3) is 0 Å². The van der Waals surface area contributed by atoms with Crippen molar-refractivity contribution in [3.63, 3.8) is 0 Å². The third kappa shape index (κ3) is 3.50. The quantitative estimate of drug-likeness (QED) is 0.835. The first kappa shape index (κ1) is 16.1.